The van der Waals surface area contributed by atoms with Crippen molar-refractivity contribution in [2.24, 2.45) is 0 Å². The van der Waals surface area contributed by atoms with Crippen LogP contribution in [-0.2, 0) is 16.1 Å². The molecule has 1 amide bonds. The molecule has 5 rings (SSSR count). The van der Waals surface area contributed by atoms with E-state index in [0.29, 0.717) is 60.2 Å². The molecule has 0 spiro atoms. The van der Waals surface area contributed by atoms with Gasteiger partial charge < -0.3 is 24.1 Å². The third-order valence-electron chi connectivity index (χ3n) is 6.23. The molecule has 1 saturated heterocycles. The summed E-state index contributed by atoms with van der Waals surface area (Å²) >= 11 is 0. The summed E-state index contributed by atoms with van der Waals surface area (Å²) in [6, 6.07) is 12.1. The Hall–Kier alpha value is -3.72. The first kappa shape index (κ1) is 23.0. The third-order valence-corrected chi connectivity index (χ3v) is 6.23. The van der Waals surface area contributed by atoms with E-state index in [0.717, 1.165) is 12.8 Å². The fraction of sp³-hybridized carbons (Fsp3) is 0.385. The van der Waals surface area contributed by atoms with E-state index in [4.69, 9.17) is 14.2 Å². The molecule has 1 unspecified atom stereocenters. The van der Waals surface area contributed by atoms with E-state index in [2.05, 4.69) is 9.97 Å². The molecule has 35 heavy (non-hydrogen) atoms. The molecule has 9 heteroatoms. The zero-order valence-electron chi connectivity index (χ0n) is 19.3. The van der Waals surface area contributed by atoms with Gasteiger partial charge in [0.1, 0.15) is 19.0 Å². The smallest absolute Gasteiger partial charge is 0.258 e. The molecular formula is C26H27N3O6. The van der Waals surface area contributed by atoms with Crippen LogP contribution >= 0.6 is 0 Å². The van der Waals surface area contributed by atoms with Gasteiger partial charge in [-0.05, 0) is 43.2 Å². The Morgan fingerprint density at radius 2 is 1.86 bits per heavy atom. The summed E-state index contributed by atoms with van der Waals surface area (Å²) in [5.74, 6) is 1.22. The van der Waals surface area contributed by atoms with E-state index in [1.54, 1.807) is 41.3 Å². The monoisotopic (exact) mass is 477 g/mol. The average Bonchev–Trinajstić information content (AvgIpc) is 3.39. The third kappa shape index (κ3) is 5.35. The highest BCUT2D eigenvalue weighted by atomic mass is 16.6. The Kier molecular flexibility index (Phi) is 6.76. The molecule has 3 aromatic rings. The minimum atomic E-state index is -0.246. The Morgan fingerprint density at radius 3 is 2.69 bits per heavy atom. The Balaban J connectivity index is 1.29. The van der Waals surface area contributed by atoms with Crippen LogP contribution in [0, 0.1) is 0 Å². The fourth-order valence-electron chi connectivity index (χ4n) is 4.42. The first-order valence-corrected chi connectivity index (χ1v) is 11.9. The maximum absolute atomic E-state index is 13.2. The highest BCUT2D eigenvalue weighted by molar-refractivity contribution is 5.98. The van der Waals surface area contributed by atoms with Gasteiger partial charge in [0, 0.05) is 31.6 Å². The van der Waals surface area contributed by atoms with Gasteiger partial charge in [0.2, 0.25) is 5.91 Å². The Labute approximate surface area is 202 Å². The molecule has 1 aromatic heterocycles. The molecule has 0 bridgehead atoms. The van der Waals surface area contributed by atoms with Gasteiger partial charge >= 0.3 is 0 Å². The number of nitrogens with one attached hydrogen (secondary N) is 1. The van der Waals surface area contributed by atoms with Crippen LogP contribution in [0.25, 0.3) is 10.9 Å². The van der Waals surface area contributed by atoms with Crippen molar-refractivity contribution in [3.8, 4) is 11.5 Å². The minimum absolute atomic E-state index is 0.0395. The van der Waals surface area contributed by atoms with Crippen LogP contribution in [0.4, 0.5) is 0 Å². The summed E-state index contributed by atoms with van der Waals surface area (Å²) in [4.78, 5) is 47.4. The second-order valence-corrected chi connectivity index (χ2v) is 8.72. The van der Waals surface area contributed by atoms with Gasteiger partial charge in [-0.2, -0.15) is 0 Å². The van der Waals surface area contributed by atoms with Crippen molar-refractivity contribution < 1.29 is 23.8 Å². The van der Waals surface area contributed by atoms with E-state index < -0.39 is 0 Å². The summed E-state index contributed by atoms with van der Waals surface area (Å²) in [6.07, 6.45) is 1.83. The van der Waals surface area contributed by atoms with Crippen LogP contribution in [0.5, 0.6) is 11.5 Å². The predicted molar refractivity (Wildman–Crippen MR) is 128 cm³/mol. The number of amides is 1. The minimum Gasteiger partial charge on any atom is -0.486 e. The number of Topliss-reactive ketones (excluding diaryl/α,β-unsaturated/α-hetero) is 1. The summed E-state index contributed by atoms with van der Waals surface area (Å²) in [6.45, 7) is 2.10. The first-order valence-electron chi connectivity index (χ1n) is 11.9. The molecule has 3 heterocycles. The number of hydrogen-bond donors (Lipinski definition) is 1. The molecule has 0 saturated carbocycles. The lowest BCUT2D eigenvalue weighted by Crippen LogP contribution is -2.38. The van der Waals surface area contributed by atoms with Crippen molar-refractivity contribution >= 4 is 22.6 Å². The standard InChI is InChI=1S/C26H27N3O6/c30-21(17-7-9-22-23(14-17)35-13-12-34-22)8-10-25(31)29(15-18-4-3-11-33-18)16-24-27-20-6-2-1-5-19(20)26(32)28-24/h1-2,5-7,9,14,18H,3-4,8,10-13,15-16H2,(H,27,28,32). The van der Waals surface area contributed by atoms with Crippen LogP contribution in [0.2, 0.25) is 0 Å². The van der Waals surface area contributed by atoms with Crippen molar-refractivity contribution in [3.63, 3.8) is 0 Å². The number of aromatic amines is 1. The van der Waals surface area contributed by atoms with Gasteiger partial charge in [-0.1, -0.05) is 12.1 Å². The first-order chi connectivity index (χ1) is 17.1. The number of H-pyrrole nitrogens is 1. The molecule has 1 fully saturated rings. The highest BCUT2D eigenvalue weighted by Crippen LogP contribution is 2.31. The predicted octanol–water partition coefficient (Wildman–Crippen LogP) is 2.87. The van der Waals surface area contributed by atoms with Gasteiger partial charge in [0.05, 0.1) is 23.6 Å². The number of aromatic nitrogens is 2. The zero-order chi connectivity index (χ0) is 24.2. The number of carbonyl (C=O) groups is 2. The number of ether oxygens (including phenoxy) is 3. The van der Waals surface area contributed by atoms with Crippen LogP contribution < -0.4 is 15.0 Å². The number of hydrogen-bond acceptors (Lipinski definition) is 7. The summed E-state index contributed by atoms with van der Waals surface area (Å²) < 4.78 is 16.8. The van der Waals surface area contributed by atoms with Gasteiger partial charge in [0.15, 0.2) is 17.3 Å². The molecule has 0 radical (unpaired) electrons. The van der Waals surface area contributed by atoms with E-state index in [1.165, 1.54) is 0 Å². The quantitative estimate of drug-likeness (QED) is 0.497. The molecule has 1 atom stereocenters. The topological polar surface area (TPSA) is 111 Å². The lowest BCUT2D eigenvalue weighted by atomic mass is 10.1. The fourth-order valence-corrected chi connectivity index (χ4v) is 4.42. The zero-order valence-corrected chi connectivity index (χ0v) is 19.3. The molecule has 2 aliphatic heterocycles. The van der Waals surface area contributed by atoms with Crippen LogP contribution in [-0.4, -0.2) is 59.0 Å². The maximum atomic E-state index is 13.2. The Bertz CT molecular complexity index is 1300. The highest BCUT2D eigenvalue weighted by Gasteiger charge is 2.24. The number of nitrogens with zero attached hydrogens (tertiary/aromatic N) is 2. The molecule has 9 nitrogen and oxygen atoms in total. The number of ketones is 1. The molecule has 1 N–H and O–H groups in total. The molecule has 2 aliphatic rings. The molecule has 0 aliphatic carbocycles. The largest absolute Gasteiger partial charge is 0.486 e. The number of para-hydroxylation sites is 1. The SMILES string of the molecule is O=C(CCC(=O)N(Cc1nc2ccccc2c(=O)[nH]1)CC1CCCO1)c1ccc2c(c1)OCCO2. The van der Waals surface area contributed by atoms with E-state index >= 15 is 0 Å². The average molecular weight is 478 g/mol. The van der Waals surface area contributed by atoms with Crippen LogP contribution in [0.3, 0.4) is 0 Å². The summed E-state index contributed by atoms with van der Waals surface area (Å²) in [7, 11) is 0. The van der Waals surface area contributed by atoms with E-state index in [9.17, 15) is 14.4 Å². The number of benzene rings is 2. The molecule has 2 aromatic carbocycles. The van der Waals surface area contributed by atoms with Crippen molar-refractivity contribution in [1.29, 1.82) is 0 Å². The summed E-state index contributed by atoms with van der Waals surface area (Å²) in [5.41, 5.74) is 0.807. The number of carbonyl (C=O) groups excluding carboxylic acids is 2. The van der Waals surface area contributed by atoms with Crippen LogP contribution in [0.1, 0.15) is 41.9 Å². The summed E-state index contributed by atoms with van der Waals surface area (Å²) in [5, 5.41) is 0.498. The van der Waals surface area contributed by atoms with Crippen molar-refractivity contribution in [2.75, 3.05) is 26.4 Å². The van der Waals surface area contributed by atoms with Gasteiger partial charge in [0.25, 0.3) is 5.56 Å². The number of fused-ring (bicyclic) bond motifs is 2. The molecule has 182 valence electrons. The van der Waals surface area contributed by atoms with Crippen molar-refractivity contribution in [3.05, 3.63) is 64.2 Å². The molecular weight excluding hydrogens is 450 g/mol. The lowest BCUT2D eigenvalue weighted by molar-refractivity contribution is -0.133. The second kappa shape index (κ2) is 10.3. The van der Waals surface area contributed by atoms with Crippen LogP contribution in [0.15, 0.2) is 47.3 Å². The lowest BCUT2D eigenvalue weighted by Gasteiger charge is -2.25. The normalized spacial score (nSPS) is 16.9. The van der Waals surface area contributed by atoms with E-state index in [-0.39, 0.29) is 42.7 Å². The van der Waals surface area contributed by atoms with Crippen molar-refractivity contribution in [1.82, 2.24) is 14.9 Å². The van der Waals surface area contributed by atoms with Crippen molar-refractivity contribution in [2.45, 2.75) is 38.3 Å². The Morgan fingerprint density at radius 1 is 1.03 bits per heavy atom. The second-order valence-electron chi connectivity index (χ2n) is 8.72. The van der Waals surface area contributed by atoms with Gasteiger partial charge in [-0.15, -0.1) is 0 Å². The maximum Gasteiger partial charge on any atom is 0.258 e. The van der Waals surface area contributed by atoms with Gasteiger partial charge in [-0.25, -0.2) is 4.98 Å². The van der Waals surface area contributed by atoms with Gasteiger partial charge in [-0.3, -0.25) is 14.4 Å². The van der Waals surface area contributed by atoms with E-state index in [1.807, 2.05) is 6.07 Å². The number of rotatable bonds is 8.